The van der Waals surface area contributed by atoms with Crippen molar-refractivity contribution < 1.29 is 4.79 Å². The Balaban J connectivity index is 2.58. The van der Waals surface area contributed by atoms with Crippen LogP contribution in [-0.4, -0.2) is 11.3 Å². The van der Waals surface area contributed by atoms with Crippen molar-refractivity contribution in [2.24, 2.45) is 0 Å². The molecule has 3 nitrogen and oxygen atoms in total. The van der Waals surface area contributed by atoms with Gasteiger partial charge in [-0.05, 0) is 18.1 Å². The van der Waals surface area contributed by atoms with E-state index in [1.54, 1.807) is 12.3 Å². The highest BCUT2D eigenvalue weighted by Crippen LogP contribution is 2.02. The standard InChI is InChI=1S/C8H10N2O/c9-8-4-3-7(6-10-8)2-1-5-11/h3-6H,1-2H2,(H2,9,10). The summed E-state index contributed by atoms with van der Waals surface area (Å²) in [6.07, 6.45) is 3.89. The first-order valence-corrected chi connectivity index (χ1v) is 3.47. The van der Waals surface area contributed by atoms with E-state index in [-0.39, 0.29) is 0 Å². The molecule has 0 fully saturated rings. The van der Waals surface area contributed by atoms with Crippen LogP contribution in [0, 0.1) is 0 Å². The van der Waals surface area contributed by atoms with Gasteiger partial charge in [0.25, 0.3) is 0 Å². The van der Waals surface area contributed by atoms with Crippen molar-refractivity contribution in [1.29, 1.82) is 0 Å². The Morgan fingerprint density at radius 3 is 2.91 bits per heavy atom. The van der Waals surface area contributed by atoms with Gasteiger partial charge in [-0.15, -0.1) is 0 Å². The van der Waals surface area contributed by atoms with Crippen molar-refractivity contribution in [3.8, 4) is 0 Å². The zero-order valence-electron chi connectivity index (χ0n) is 6.16. The summed E-state index contributed by atoms with van der Waals surface area (Å²) in [6, 6.07) is 3.62. The van der Waals surface area contributed by atoms with Crippen molar-refractivity contribution in [3.05, 3.63) is 23.9 Å². The van der Waals surface area contributed by atoms with Gasteiger partial charge >= 0.3 is 0 Å². The molecule has 0 radical (unpaired) electrons. The molecule has 11 heavy (non-hydrogen) atoms. The third-order valence-corrected chi connectivity index (χ3v) is 1.40. The molecule has 1 rings (SSSR count). The maximum absolute atomic E-state index is 10.0. The number of carbonyl (C=O) groups is 1. The van der Waals surface area contributed by atoms with E-state index in [2.05, 4.69) is 4.98 Å². The Kier molecular flexibility index (Phi) is 2.60. The molecule has 58 valence electrons. The van der Waals surface area contributed by atoms with Gasteiger partial charge in [0.15, 0.2) is 0 Å². The highest BCUT2D eigenvalue weighted by Gasteiger charge is 1.91. The molecule has 0 aliphatic heterocycles. The topological polar surface area (TPSA) is 56.0 Å². The molecule has 0 amide bonds. The smallest absolute Gasteiger partial charge is 0.123 e. The van der Waals surface area contributed by atoms with Crippen molar-refractivity contribution in [1.82, 2.24) is 4.98 Å². The van der Waals surface area contributed by atoms with E-state index in [1.165, 1.54) is 0 Å². The van der Waals surface area contributed by atoms with Crippen LogP contribution in [0.2, 0.25) is 0 Å². The number of aldehydes is 1. The number of nitrogens with zero attached hydrogens (tertiary/aromatic N) is 1. The lowest BCUT2D eigenvalue weighted by Gasteiger charge is -1.96. The quantitative estimate of drug-likeness (QED) is 0.648. The number of hydrogen-bond acceptors (Lipinski definition) is 3. The summed E-state index contributed by atoms with van der Waals surface area (Å²) in [6.45, 7) is 0. The van der Waals surface area contributed by atoms with Gasteiger partial charge in [-0.3, -0.25) is 0 Å². The van der Waals surface area contributed by atoms with E-state index in [1.807, 2.05) is 6.07 Å². The van der Waals surface area contributed by atoms with Gasteiger partial charge in [0.05, 0.1) is 0 Å². The minimum Gasteiger partial charge on any atom is -0.384 e. The molecule has 0 unspecified atom stereocenters. The fraction of sp³-hybridized carbons (Fsp3) is 0.250. The summed E-state index contributed by atoms with van der Waals surface area (Å²) in [5.74, 6) is 0.514. The summed E-state index contributed by atoms with van der Waals surface area (Å²) in [5.41, 5.74) is 6.42. The predicted octanol–water partition coefficient (Wildman–Crippen LogP) is 0.795. The lowest BCUT2D eigenvalue weighted by molar-refractivity contribution is -0.107. The lowest BCUT2D eigenvalue weighted by Crippen LogP contribution is -1.91. The summed E-state index contributed by atoms with van der Waals surface area (Å²) in [7, 11) is 0. The fourth-order valence-corrected chi connectivity index (χ4v) is 0.809. The van der Waals surface area contributed by atoms with Crippen LogP contribution in [0.25, 0.3) is 0 Å². The number of rotatable bonds is 3. The van der Waals surface area contributed by atoms with Crippen molar-refractivity contribution in [2.45, 2.75) is 12.8 Å². The third-order valence-electron chi connectivity index (χ3n) is 1.40. The number of anilines is 1. The molecule has 0 saturated heterocycles. The van der Waals surface area contributed by atoms with E-state index in [4.69, 9.17) is 5.73 Å². The monoisotopic (exact) mass is 150 g/mol. The predicted molar refractivity (Wildman–Crippen MR) is 43.0 cm³/mol. The summed E-state index contributed by atoms with van der Waals surface area (Å²) >= 11 is 0. The van der Waals surface area contributed by atoms with Crippen LogP contribution in [0.15, 0.2) is 18.3 Å². The van der Waals surface area contributed by atoms with Crippen LogP contribution in [0.5, 0.6) is 0 Å². The van der Waals surface area contributed by atoms with Gasteiger partial charge in [0.2, 0.25) is 0 Å². The molecule has 0 saturated carbocycles. The van der Waals surface area contributed by atoms with Crippen LogP contribution >= 0.6 is 0 Å². The molecule has 0 bridgehead atoms. The molecule has 0 spiro atoms. The number of aromatic nitrogens is 1. The van der Waals surface area contributed by atoms with Crippen LogP contribution in [-0.2, 0) is 11.2 Å². The number of nitrogen functional groups attached to an aromatic ring is 1. The first kappa shape index (κ1) is 7.72. The van der Waals surface area contributed by atoms with E-state index >= 15 is 0 Å². The van der Waals surface area contributed by atoms with E-state index < -0.39 is 0 Å². The molecule has 1 aromatic heterocycles. The normalized spacial score (nSPS) is 9.45. The average Bonchev–Trinajstić information content (AvgIpc) is 2.04. The number of hydrogen-bond donors (Lipinski definition) is 1. The summed E-state index contributed by atoms with van der Waals surface area (Å²) in [4.78, 5) is 13.9. The second-order valence-electron chi connectivity index (χ2n) is 2.30. The molecule has 0 aliphatic carbocycles. The van der Waals surface area contributed by atoms with Crippen molar-refractivity contribution in [2.75, 3.05) is 5.73 Å². The van der Waals surface area contributed by atoms with E-state index in [0.29, 0.717) is 12.2 Å². The van der Waals surface area contributed by atoms with Crippen LogP contribution in [0.3, 0.4) is 0 Å². The highest BCUT2D eigenvalue weighted by atomic mass is 16.1. The number of carbonyl (C=O) groups excluding carboxylic acids is 1. The molecule has 2 N–H and O–H groups in total. The minimum atomic E-state index is 0.514. The van der Waals surface area contributed by atoms with Gasteiger partial charge in [0.1, 0.15) is 12.1 Å². The van der Waals surface area contributed by atoms with E-state index in [9.17, 15) is 4.79 Å². The van der Waals surface area contributed by atoms with Crippen molar-refractivity contribution >= 4 is 12.1 Å². The van der Waals surface area contributed by atoms with Gasteiger partial charge in [-0.25, -0.2) is 4.98 Å². The van der Waals surface area contributed by atoms with Gasteiger partial charge in [-0.1, -0.05) is 6.07 Å². The Hall–Kier alpha value is -1.38. The lowest BCUT2D eigenvalue weighted by atomic mass is 10.2. The molecule has 0 atom stereocenters. The maximum atomic E-state index is 10.0. The maximum Gasteiger partial charge on any atom is 0.123 e. The largest absolute Gasteiger partial charge is 0.384 e. The van der Waals surface area contributed by atoms with Crippen LogP contribution in [0.4, 0.5) is 5.82 Å². The Bertz CT molecular complexity index is 230. The summed E-state index contributed by atoms with van der Waals surface area (Å²) in [5, 5.41) is 0. The highest BCUT2D eigenvalue weighted by molar-refractivity contribution is 5.50. The first-order valence-electron chi connectivity index (χ1n) is 3.47. The Morgan fingerprint density at radius 1 is 1.55 bits per heavy atom. The number of pyridine rings is 1. The fourth-order valence-electron chi connectivity index (χ4n) is 0.809. The molecule has 1 heterocycles. The first-order chi connectivity index (χ1) is 5.33. The molecule has 3 heteroatoms. The molecule has 0 aliphatic rings. The SMILES string of the molecule is Nc1ccc(CCC=O)cn1. The zero-order valence-corrected chi connectivity index (χ0v) is 6.16. The second-order valence-corrected chi connectivity index (χ2v) is 2.30. The van der Waals surface area contributed by atoms with Crippen LogP contribution < -0.4 is 5.73 Å². The van der Waals surface area contributed by atoms with Gasteiger partial charge in [-0.2, -0.15) is 0 Å². The van der Waals surface area contributed by atoms with E-state index in [0.717, 1.165) is 18.3 Å². The van der Waals surface area contributed by atoms with Gasteiger partial charge < -0.3 is 10.5 Å². The number of nitrogens with two attached hydrogens (primary N) is 1. The minimum absolute atomic E-state index is 0.514. The molecule has 1 aromatic rings. The van der Waals surface area contributed by atoms with Gasteiger partial charge in [0, 0.05) is 12.6 Å². The Morgan fingerprint density at radius 2 is 2.36 bits per heavy atom. The molecular weight excluding hydrogens is 140 g/mol. The molecule has 0 aromatic carbocycles. The third kappa shape index (κ3) is 2.37. The second kappa shape index (κ2) is 3.71. The molecular formula is C8H10N2O. The van der Waals surface area contributed by atoms with Crippen molar-refractivity contribution in [3.63, 3.8) is 0 Å². The average molecular weight is 150 g/mol. The number of aryl methyl sites for hydroxylation is 1. The zero-order chi connectivity index (χ0) is 8.10. The summed E-state index contributed by atoms with van der Waals surface area (Å²) < 4.78 is 0. The Labute approximate surface area is 65.2 Å². The van der Waals surface area contributed by atoms with Crippen LogP contribution in [0.1, 0.15) is 12.0 Å².